The predicted octanol–water partition coefficient (Wildman–Crippen LogP) is 17.3. The van der Waals surface area contributed by atoms with Crippen molar-refractivity contribution in [3.8, 4) is 39.4 Å². The number of imidazole rings is 2. The average Bonchev–Trinajstić information content (AvgIpc) is 1.55. The lowest BCUT2D eigenvalue weighted by molar-refractivity contribution is -0.144. The molecule has 2 unspecified atom stereocenters. The topological polar surface area (TPSA) is 290 Å². The van der Waals surface area contributed by atoms with E-state index < -0.39 is 121 Å². The summed E-state index contributed by atoms with van der Waals surface area (Å²) < 4.78 is 162. The molecule has 2 atom stereocenters. The second kappa shape index (κ2) is 32.1. The van der Waals surface area contributed by atoms with Gasteiger partial charge in [-0.1, -0.05) is 94.9 Å². The molecule has 572 valence electrons. The molecular weight excluding hydrogens is 1570 g/mol. The van der Waals surface area contributed by atoms with Crippen LogP contribution in [0.4, 0.5) is 17.6 Å². The van der Waals surface area contributed by atoms with Crippen molar-refractivity contribution >= 4 is 93.2 Å². The minimum absolute atomic E-state index is 0.0162. The van der Waals surface area contributed by atoms with Crippen molar-refractivity contribution in [2.24, 2.45) is 0 Å². The van der Waals surface area contributed by atoms with Crippen molar-refractivity contribution in [3.05, 3.63) is 263 Å². The summed E-state index contributed by atoms with van der Waals surface area (Å²) in [6.45, 7) is 13.7. The maximum absolute atomic E-state index is 16.2. The SMILES string of the molecule is CC(C)(O)c1cn(-c2ccc(-c3cc(F)c(COC(=O)Cc4ccc(OP(C)(=O)O)cc4)c(S(C)(=O)=O)c3)cc2F)c(C(C)(C)c2c(Cl)cccc2Cl)n1.CC(C)(O)c1cn(-c2ccc(-c3cc(F)c(COC(=O)c4cccc(COP(C)(=O)O)c4)c(S(C)(=O)=O)c3)cc2F)c(C(C)(C)c2c(Cl)cccc2Cl)n1. The summed E-state index contributed by atoms with van der Waals surface area (Å²) in [5.41, 5.74) is -2.80. The number of carbonyl (C=O) groups excluding carboxylic acids is 2. The molecule has 4 N–H and O–H groups in total. The number of nitrogens with zero attached hydrogens (tertiary/aromatic N) is 4. The summed E-state index contributed by atoms with van der Waals surface area (Å²) >= 11 is 26.3. The molecule has 108 heavy (non-hydrogen) atoms. The number of rotatable bonds is 24. The Morgan fingerprint density at radius 1 is 0.500 bits per heavy atom. The van der Waals surface area contributed by atoms with Crippen molar-refractivity contribution < 1.29 is 91.6 Å². The fraction of sp³-hybridized carbons (Fsp3) is 0.263. The number of sulfone groups is 2. The van der Waals surface area contributed by atoms with E-state index in [4.69, 9.17) is 74.9 Å². The van der Waals surface area contributed by atoms with Crippen LogP contribution in [0.25, 0.3) is 33.6 Å². The summed E-state index contributed by atoms with van der Waals surface area (Å²) in [6, 6.07) is 34.0. The molecule has 0 aliphatic heterocycles. The highest BCUT2D eigenvalue weighted by atomic mass is 35.5. The van der Waals surface area contributed by atoms with Crippen LogP contribution in [-0.2, 0) is 95.9 Å². The van der Waals surface area contributed by atoms with Crippen molar-refractivity contribution in [2.45, 2.75) is 113 Å². The number of esters is 2. The van der Waals surface area contributed by atoms with Gasteiger partial charge < -0.3 is 38.5 Å². The minimum Gasteiger partial charge on any atom is -0.460 e. The monoisotopic (exact) mass is 1640 g/mol. The van der Waals surface area contributed by atoms with Gasteiger partial charge in [-0.15, -0.1) is 0 Å². The molecule has 2 aromatic heterocycles. The first-order valence-corrected chi connectivity index (χ1v) is 41.9. The summed E-state index contributed by atoms with van der Waals surface area (Å²) in [6.07, 6.45) is 4.48. The number of halogens is 8. The number of hydrogen-bond donors (Lipinski definition) is 4. The lowest BCUT2D eigenvalue weighted by Gasteiger charge is -2.28. The Morgan fingerprint density at radius 2 is 0.898 bits per heavy atom. The summed E-state index contributed by atoms with van der Waals surface area (Å²) in [7, 11) is -15.7. The Kier molecular flexibility index (Phi) is 25.0. The Morgan fingerprint density at radius 3 is 1.28 bits per heavy atom. The third-order valence-corrected chi connectivity index (χ3v) is 21.8. The van der Waals surface area contributed by atoms with E-state index in [0.717, 1.165) is 50.1 Å². The van der Waals surface area contributed by atoms with Gasteiger partial charge in [-0.2, -0.15) is 0 Å². The molecule has 20 nitrogen and oxygen atoms in total. The van der Waals surface area contributed by atoms with Gasteiger partial charge in [-0.25, -0.2) is 53.7 Å². The molecule has 0 radical (unpaired) electrons. The standard InChI is InChI=1S/2C38H37Cl2F2N2O8PS/c1-37(2,34-27(39)11-8-12-28(34)40)36-43-33(38(3,4)46)19-44(36)31-14-13-23(16-30(31)42)25-17-29(41)26(32(18-25)54(6,49)50)21-51-35(45)24-10-7-9-22(15-24)20-52-53(5,47)48;1-37(2,35-27(39)8-7-9-28(35)40)36-43-33(38(3,4)46)20-44(36)31-15-12-23(17-30(31)42)24-18-29(41)26(32(19-24)54(6,49)50)21-51-34(45)16-22-10-13-25(14-11-22)52-53(5,47)48/h7-19,46H,20-21H2,1-6H3,(H,47,48);7-15,17-20,46H,16,21H2,1-6H3,(H,47,48). The van der Waals surface area contributed by atoms with E-state index in [9.17, 15) is 55.6 Å². The van der Waals surface area contributed by atoms with E-state index in [-0.39, 0.29) is 74.9 Å². The van der Waals surface area contributed by atoms with E-state index >= 15 is 17.6 Å². The molecule has 0 fully saturated rings. The first kappa shape index (κ1) is 84.0. The molecule has 8 aromatic carbocycles. The molecule has 10 aromatic rings. The van der Waals surface area contributed by atoms with E-state index in [0.29, 0.717) is 54.0 Å². The van der Waals surface area contributed by atoms with Crippen molar-refractivity contribution in [2.75, 3.05) is 25.8 Å². The molecule has 10 rings (SSSR count). The molecule has 0 saturated carbocycles. The predicted molar refractivity (Wildman–Crippen MR) is 404 cm³/mol. The van der Waals surface area contributed by atoms with Crippen LogP contribution in [-0.4, -0.2) is 93.7 Å². The molecule has 2 heterocycles. The van der Waals surface area contributed by atoms with Crippen LogP contribution in [0, 0.1) is 23.3 Å². The van der Waals surface area contributed by atoms with Crippen LogP contribution in [0.3, 0.4) is 0 Å². The highest BCUT2D eigenvalue weighted by molar-refractivity contribution is 7.91. The Bertz CT molecular complexity index is 5460. The second-order valence-electron chi connectivity index (χ2n) is 27.7. The Balaban J connectivity index is 0.000000249. The maximum Gasteiger partial charge on any atom is 0.373 e. The van der Waals surface area contributed by atoms with Gasteiger partial charge in [0.1, 0.15) is 65.1 Å². The normalized spacial score (nSPS) is 13.4. The molecular formula is C76H74Cl4F4N4O16P2S2. The van der Waals surface area contributed by atoms with Crippen LogP contribution in [0.2, 0.25) is 20.1 Å². The van der Waals surface area contributed by atoms with E-state index in [1.54, 1.807) is 56.3 Å². The van der Waals surface area contributed by atoms with Gasteiger partial charge in [0.25, 0.3) is 0 Å². The fourth-order valence-electron chi connectivity index (χ4n) is 11.7. The van der Waals surface area contributed by atoms with Gasteiger partial charge in [-0.3, -0.25) is 18.5 Å². The number of hydrogen-bond acceptors (Lipinski definition) is 16. The zero-order chi connectivity index (χ0) is 79.9. The fourth-order valence-corrected chi connectivity index (χ4v) is 16.2. The molecule has 0 amide bonds. The zero-order valence-corrected chi connectivity index (χ0v) is 66.5. The van der Waals surface area contributed by atoms with Gasteiger partial charge in [0.2, 0.25) is 0 Å². The van der Waals surface area contributed by atoms with E-state index in [2.05, 4.69) is 0 Å². The maximum atomic E-state index is 16.2. The van der Waals surface area contributed by atoms with Crippen LogP contribution >= 0.6 is 61.6 Å². The van der Waals surface area contributed by atoms with Crippen LogP contribution in [0.15, 0.2) is 168 Å². The minimum atomic E-state index is -4.10. The van der Waals surface area contributed by atoms with Gasteiger partial charge in [-0.05, 0) is 186 Å². The lowest BCUT2D eigenvalue weighted by atomic mass is 9.83. The number of carbonyl (C=O) groups is 2. The Hall–Kier alpha value is -8.04. The molecule has 0 bridgehead atoms. The van der Waals surface area contributed by atoms with E-state index in [1.807, 2.05) is 27.7 Å². The largest absolute Gasteiger partial charge is 0.460 e. The molecule has 0 saturated heterocycles. The van der Waals surface area contributed by atoms with Crippen LogP contribution in [0.1, 0.15) is 122 Å². The second-order valence-corrected chi connectivity index (χ2v) is 36.9. The lowest BCUT2D eigenvalue weighted by Crippen LogP contribution is -2.25. The van der Waals surface area contributed by atoms with E-state index in [1.165, 1.54) is 114 Å². The smallest absolute Gasteiger partial charge is 0.373 e. The van der Waals surface area contributed by atoms with Gasteiger partial charge in [0.15, 0.2) is 19.7 Å². The van der Waals surface area contributed by atoms with Gasteiger partial charge >= 0.3 is 27.1 Å². The quantitative estimate of drug-likeness (QED) is 0.0248. The molecule has 0 aliphatic carbocycles. The number of benzene rings is 8. The van der Waals surface area contributed by atoms with Crippen molar-refractivity contribution in [3.63, 3.8) is 0 Å². The summed E-state index contributed by atoms with van der Waals surface area (Å²) in [5, 5.41) is 23.1. The Labute approximate surface area is 641 Å². The third kappa shape index (κ3) is 19.9. The first-order chi connectivity index (χ1) is 49.9. The van der Waals surface area contributed by atoms with Gasteiger partial charge in [0, 0.05) is 80.6 Å². The highest BCUT2D eigenvalue weighted by Crippen LogP contribution is 2.46. The van der Waals surface area contributed by atoms with Crippen LogP contribution in [0.5, 0.6) is 5.75 Å². The average molecular weight is 1640 g/mol. The number of aliphatic hydroxyl groups is 2. The summed E-state index contributed by atoms with van der Waals surface area (Å²) in [4.78, 5) is 52.7. The third-order valence-electron chi connectivity index (χ3n) is 17.1. The van der Waals surface area contributed by atoms with Crippen molar-refractivity contribution in [1.82, 2.24) is 19.1 Å². The number of ether oxygens (including phenoxy) is 2. The zero-order valence-electron chi connectivity index (χ0n) is 60.1. The highest BCUT2D eigenvalue weighted by Gasteiger charge is 2.38. The first-order valence-electron chi connectivity index (χ1n) is 32.6. The van der Waals surface area contributed by atoms with Crippen molar-refractivity contribution in [1.29, 1.82) is 0 Å². The number of aromatic nitrogens is 4. The summed E-state index contributed by atoms with van der Waals surface area (Å²) in [5.74, 6) is -4.52. The molecule has 32 heteroatoms. The van der Waals surface area contributed by atoms with Crippen LogP contribution < -0.4 is 4.52 Å². The van der Waals surface area contributed by atoms with Gasteiger partial charge in [0.05, 0.1) is 62.0 Å². The molecule has 0 aliphatic rings. The molecule has 0 spiro atoms.